The number of alkyl halides is 2. The lowest BCUT2D eigenvalue weighted by Gasteiger charge is -2.12. The summed E-state index contributed by atoms with van der Waals surface area (Å²) in [4.78, 5) is 0. The number of aliphatic hydroxyl groups is 1. The molecule has 0 aliphatic rings. The second-order valence-corrected chi connectivity index (χ2v) is 2.94. The summed E-state index contributed by atoms with van der Waals surface area (Å²) in [5.41, 5.74) is -0.915. The quantitative estimate of drug-likeness (QED) is 0.610. The van der Waals surface area contributed by atoms with Gasteiger partial charge in [0.05, 0.1) is 0 Å². The van der Waals surface area contributed by atoms with Crippen molar-refractivity contribution < 1.29 is 22.7 Å². The van der Waals surface area contributed by atoms with Gasteiger partial charge >= 0.3 is 0 Å². The molecule has 1 aromatic carbocycles. The Kier molecular flexibility index (Phi) is 3.34. The molecule has 0 aliphatic heterocycles. The van der Waals surface area contributed by atoms with E-state index in [0.717, 1.165) is 6.07 Å². The minimum Gasteiger partial charge on any atom is -0.382 e. The van der Waals surface area contributed by atoms with Gasteiger partial charge in [-0.1, -0.05) is 11.6 Å². The molecule has 1 N–H and O–H groups in total. The van der Waals surface area contributed by atoms with Gasteiger partial charge in [0.15, 0.2) is 11.6 Å². The Morgan fingerprint density at radius 2 is 1.79 bits per heavy atom. The Balaban J connectivity index is 3.25. The Bertz CT molecular complexity index is 342. The van der Waals surface area contributed by atoms with E-state index < -0.39 is 34.7 Å². The predicted molar refractivity (Wildman–Crippen MR) is 42.3 cm³/mol. The van der Waals surface area contributed by atoms with Crippen molar-refractivity contribution in [2.45, 2.75) is 12.5 Å². The normalized spacial score (nSPS) is 13.4. The molecule has 0 heterocycles. The standard InChI is InChI=1S/C8H5ClF4O/c9-3-1-2-4(10)6(11)5(3)7(14)8(12)13/h1-2,7-8,14H. The van der Waals surface area contributed by atoms with E-state index in [-0.39, 0.29) is 0 Å². The second kappa shape index (κ2) is 4.14. The van der Waals surface area contributed by atoms with Crippen LogP contribution in [-0.2, 0) is 0 Å². The summed E-state index contributed by atoms with van der Waals surface area (Å²) in [7, 11) is 0. The zero-order valence-corrected chi connectivity index (χ0v) is 7.40. The summed E-state index contributed by atoms with van der Waals surface area (Å²) in [6.07, 6.45) is -5.64. The summed E-state index contributed by atoms with van der Waals surface area (Å²) in [6, 6.07) is 1.60. The van der Waals surface area contributed by atoms with Crippen molar-refractivity contribution in [3.05, 3.63) is 34.4 Å². The first kappa shape index (κ1) is 11.3. The Hall–Kier alpha value is -0.810. The minimum absolute atomic E-state index is 0.434. The molecule has 0 aromatic heterocycles. The first-order valence-corrected chi connectivity index (χ1v) is 3.92. The van der Waals surface area contributed by atoms with Crippen LogP contribution in [0.4, 0.5) is 17.6 Å². The summed E-state index contributed by atoms with van der Waals surface area (Å²) >= 11 is 5.34. The van der Waals surface area contributed by atoms with Gasteiger partial charge in [0.2, 0.25) is 0 Å². The lowest BCUT2D eigenvalue weighted by atomic mass is 10.1. The highest BCUT2D eigenvalue weighted by Gasteiger charge is 2.26. The number of hydrogen-bond acceptors (Lipinski definition) is 1. The first-order valence-electron chi connectivity index (χ1n) is 3.54. The molecule has 0 radical (unpaired) electrons. The average Bonchev–Trinajstić information content (AvgIpc) is 2.12. The van der Waals surface area contributed by atoms with E-state index in [2.05, 4.69) is 0 Å². The van der Waals surface area contributed by atoms with E-state index in [4.69, 9.17) is 16.7 Å². The van der Waals surface area contributed by atoms with Crippen LogP contribution >= 0.6 is 11.6 Å². The third-order valence-corrected chi connectivity index (χ3v) is 1.94. The molecule has 6 heteroatoms. The van der Waals surface area contributed by atoms with Crippen molar-refractivity contribution in [2.75, 3.05) is 0 Å². The van der Waals surface area contributed by atoms with Crippen molar-refractivity contribution in [2.24, 2.45) is 0 Å². The Morgan fingerprint density at radius 3 is 2.29 bits per heavy atom. The maximum atomic E-state index is 12.9. The van der Waals surface area contributed by atoms with Crippen LogP contribution in [0.5, 0.6) is 0 Å². The molecular formula is C8H5ClF4O. The molecule has 78 valence electrons. The molecule has 14 heavy (non-hydrogen) atoms. The SMILES string of the molecule is OC(c1c(Cl)ccc(F)c1F)C(F)F. The molecule has 0 aliphatic carbocycles. The van der Waals surface area contributed by atoms with E-state index >= 15 is 0 Å². The van der Waals surface area contributed by atoms with Gasteiger partial charge in [-0.25, -0.2) is 17.6 Å². The molecule has 0 saturated carbocycles. The molecule has 0 bridgehead atoms. The molecule has 1 atom stereocenters. The molecule has 1 nitrogen and oxygen atoms in total. The summed E-state index contributed by atoms with van der Waals surface area (Å²) in [5.74, 6) is -2.88. The largest absolute Gasteiger partial charge is 0.382 e. The summed E-state index contributed by atoms with van der Waals surface area (Å²) in [5, 5.41) is 8.41. The van der Waals surface area contributed by atoms with Crippen molar-refractivity contribution >= 4 is 11.6 Å². The fraction of sp³-hybridized carbons (Fsp3) is 0.250. The highest BCUT2D eigenvalue weighted by molar-refractivity contribution is 6.31. The highest BCUT2D eigenvalue weighted by atomic mass is 35.5. The topological polar surface area (TPSA) is 20.2 Å². The van der Waals surface area contributed by atoms with Gasteiger partial charge in [-0.15, -0.1) is 0 Å². The number of aliphatic hydroxyl groups excluding tert-OH is 1. The number of halogens is 5. The van der Waals surface area contributed by atoms with E-state index in [1.165, 1.54) is 0 Å². The monoisotopic (exact) mass is 228 g/mol. The lowest BCUT2D eigenvalue weighted by molar-refractivity contribution is -0.00797. The molecule has 0 saturated heterocycles. The molecule has 0 spiro atoms. The molecule has 0 amide bonds. The van der Waals surface area contributed by atoms with Crippen molar-refractivity contribution in [3.8, 4) is 0 Å². The van der Waals surface area contributed by atoms with E-state index in [9.17, 15) is 17.6 Å². The Morgan fingerprint density at radius 1 is 1.21 bits per heavy atom. The number of rotatable bonds is 2. The number of benzene rings is 1. The summed E-state index contributed by atoms with van der Waals surface area (Å²) < 4.78 is 49.5. The molecule has 0 fully saturated rings. The van der Waals surface area contributed by atoms with Gasteiger partial charge in [0, 0.05) is 10.6 Å². The van der Waals surface area contributed by atoms with Gasteiger partial charge in [-0.3, -0.25) is 0 Å². The van der Waals surface area contributed by atoms with Crippen LogP contribution in [0.25, 0.3) is 0 Å². The van der Waals surface area contributed by atoms with E-state index in [1.807, 2.05) is 0 Å². The van der Waals surface area contributed by atoms with Crippen LogP contribution in [0.2, 0.25) is 5.02 Å². The van der Waals surface area contributed by atoms with Gasteiger partial charge in [-0.05, 0) is 12.1 Å². The molecule has 1 unspecified atom stereocenters. The molecular weight excluding hydrogens is 224 g/mol. The highest BCUT2D eigenvalue weighted by Crippen LogP contribution is 2.30. The lowest BCUT2D eigenvalue weighted by Crippen LogP contribution is -2.11. The van der Waals surface area contributed by atoms with Crippen LogP contribution in [-0.4, -0.2) is 11.5 Å². The van der Waals surface area contributed by atoms with Gasteiger partial charge in [0.25, 0.3) is 6.43 Å². The first-order chi connectivity index (χ1) is 6.45. The second-order valence-electron chi connectivity index (χ2n) is 2.54. The van der Waals surface area contributed by atoms with Gasteiger partial charge in [0.1, 0.15) is 6.10 Å². The van der Waals surface area contributed by atoms with Crippen LogP contribution in [0, 0.1) is 11.6 Å². The van der Waals surface area contributed by atoms with Crippen LogP contribution in [0.3, 0.4) is 0 Å². The minimum atomic E-state index is -3.22. The average molecular weight is 229 g/mol. The third-order valence-electron chi connectivity index (χ3n) is 1.61. The van der Waals surface area contributed by atoms with Crippen molar-refractivity contribution in [3.63, 3.8) is 0 Å². The third kappa shape index (κ3) is 1.99. The fourth-order valence-corrected chi connectivity index (χ4v) is 1.20. The molecule has 1 aromatic rings. The van der Waals surface area contributed by atoms with Crippen LogP contribution < -0.4 is 0 Å². The number of hydrogen-bond donors (Lipinski definition) is 1. The van der Waals surface area contributed by atoms with Gasteiger partial charge < -0.3 is 5.11 Å². The maximum absolute atomic E-state index is 12.9. The van der Waals surface area contributed by atoms with Crippen molar-refractivity contribution in [1.82, 2.24) is 0 Å². The van der Waals surface area contributed by atoms with Crippen LogP contribution in [0.1, 0.15) is 11.7 Å². The van der Waals surface area contributed by atoms with Crippen molar-refractivity contribution in [1.29, 1.82) is 0 Å². The smallest absolute Gasteiger partial charge is 0.268 e. The fourth-order valence-electron chi connectivity index (χ4n) is 0.940. The maximum Gasteiger partial charge on any atom is 0.268 e. The zero-order chi connectivity index (χ0) is 10.9. The van der Waals surface area contributed by atoms with E-state index in [1.54, 1.807) is 0 Å². The zero-order valence-electron chi connectivity index (χ0n) is 6.65. The van der Waals surface area contributed by atoms with Crippen LogP contribution in [0.15, 0.2) is 12.1 Å². The van der Waals surface area contributed by atoms with E-state index in [0.29, 0.717) is 6.07 Å². The van der Waals surface area contributed by atoms with Gasteiger partial charge in [-0.2, -0.15) is 0 Å². The Labute approximate surface area is 81.9 Å². The molecule has 1 rings (SSSR count). The summed E-state index contributed by atoms with van der Waals surface area (Å²) in [6.45, 7) is 0. The predicted octanol–water partition coefficient (Wildman–Crippen LogP) is 2.92.